The Bertz CT molecular complexity index is 1010. The SMILES string of the molecule is CC(=O)NC[C@H]1CN(c2ccc(N3CC4C(C3)C4NCc3ccccc3)c(F)c2)C(=O)O1. The minimum absolute atomic E-state index is 0.184. The summed E-state index contributed by atoms with van der Waals surface area (Å²) in [5.74, 6) is 0.563. The Morgan fingerprint density at radius 1 is 1.12 bits per heavy atom. The van der Waals surface area contributed by atoms with Gasteiger partial charge in [0.25, 0.3) is 0 Å². The van der Waals surface area contributed by atoms with E-state index >= 15 is 0 Å². The van der Waals surface area contributed by atoms with Crippen LogP contribution < -0.4 is 20.4 Å². The van der Waals surface area contributed by atoms with Gasteiger partial charge in [0.05, 0.1) is 24.5 Å². The number of anilines is 2. The summed E-state index contributed by atoms with van der Waals surface area (Å²) >= 11 is 0. The summed E-state index contributed by atoms with van der Waals surface area (Å²) in [6.07, 6.45) is -0.970. The third-order valence-corrected chi connectivity index (χ3v) is 6.62. The van der Waals surface area contributed by atoms with Crippen molar-refractivity contribution in [3.8, 4) is 0 Å². The van der Waals surface area contributed by atoms with Crippen LogP contribution in [0.5, 0.6) is 0 Å². The molecule has 2 aliphatic heterocycles. The van der Waals surface area contributed by atoms with Crippen molar-refractivity contribution in [2.45, 2.75) is 25.6 Å². The number of rotatable bonds is 7. The van der Waals surface area contributed by atoms with Gasteiger partial charge in [0.15, 0.2) is 0 Å². The Kier molecular flexibility index (Phi) is 5.46. The number of benzene rings is 2. The lowest BCUT2D eigenvalue weighted by molar-refractivity contribution is -0.119. The van der Waals surface area contributed by atoms with Crippen molar-refractivity contribution in [2.24, 2.45) is 11.8 Å². The lowest BCUT2D eigenvalue weighted by Gasteiger charge is -2.24. The first-order valence-electron chi connectivity index (χ1n) is 11.0. The highest BCUT2D eigenvalue weighted by molar-refractivity contribution is 5.90. The molecule has 168 valence electrons. The average Bonchev–Trinajstić information content (AvgIpc) is 3.09. The molecular weight excluding hydrogens is 411 g/mol. The van der Waals surface area contributed by atoms with Crippen molar-refractivity contribution in [1.82, 2.24) is 10.6 Å². The summed E-state index contributed by atoms with van der Waals surface area (Å²) in [5.41, 5.74) is 2.31. The summed E-state index contributed by atoms with van der Waals surface area (Å²) in [5, 5.41) is 6.27. The van der Waals surface area contributed by atoms with Crippen LogP contribution in [0.4, 0.5) is 20.6 Å². The number of fused-ring (bicyclic) bond motifs is 1. The topological polar surface area (TPSA) is 73.9 Å². The smallest absolute Gasteiger partial charge is 0.414 e. The van der Waals surface area contributed by atoms with Gasteiger partial charge in [0.1, 0.15) is 11.9 Å². The van der Waals surface area contributed by atoms with Crippen LogP contribution in [0.25, 0.3) is 0 Å². The molecule has 3 aliphatic rings. The van der Waals surface area contributed by atoms with E-state index in [1.54, 1.807) is 12.1 Å². The van der Waals surface area contributed by atoms with Crippen LogP contribution in [0.2, 0.25) is 0 Å². The van der Waals surface area contributed by atoms with Crippen LogP contribution >= 0.6 is 0 Å². The molecule has 0 aromatic heterocycles. The Morgan fingerprint density at radius 3 is 2.56 bits per heavy atom. The van der Waals surface area contributed by atoms with E-state index in [-0.39, 0.29) is 24.8 Å². The quantitative estimate of drug-likeness (QED) is 0.695. The second-order valence-corrected chi connectivity index (χ2v) is 8.81. The van der Waals surface area contributed by atoms with E-state index in [4.69, 9.17) is 4.74 Å². The minimum atomic E-state index is -0.526. The summed E-state index contributed by atoms with van der Waals surface area (Å²) in [4.78, 5) is 26.7. The van der Waals surface area contributed by atoms with Gasteiger partial charge in [-0.3, -0.25) is 9.69 Å². The van der Waals surface area contributed by atoms with Gasteiger partial charge >= 0.3 is 6.09 Å². The van der Waals surface area contributed by atoms with E-state index in [2.05, 4.69) is 27.7 Å². The molecular formula is C24H27FN4O3. The molecule has 8 heteroatoms. The summed E-state index contributed by atoms with van der Waals surface area (Å²) in [7, 11) is 0. The Hall–Kier alpha value is -3.13. The normalized spacial score (nSPS) is 26.1. The molecule has 2 aromatic rings. The van der Waals surface area contributed by atoms with Crippen LogP contribution in [0.15, 0.2) is 48.5 Å². The minimum Gasteiger partial charge on any atom is -0.442 e. The molecule has 2 aromatic carbocycles. The zero-order valence-electron chi connectivity index (χ0n) is 18.0. The van der Waals surface area contributed by atoms with Crippen molar-refractivity contribution in [3.63, 3.8) is 0 Å². The van der Waals surface area contributed by atoms with E-state index in [1.165, 1.54) is 23.5 Å². The molecule has 2 amide bonds. The number of nitrogens with zero attached hydrogens (tertiary/aromatic N) is 2. The predicted octanol–water partition coefficient (Wildman–Crippen LogP) is 2.51. The number of hydrogen-bond acceptors (Lipinski definition) is 5. The maximum absolute atomic E-state index is 14.9. The Balaban J connectivity index is 1.16. The molecule has 3 atom stereocenters. The molecule has 1 saturated carbocycles. The maximum atomic E-state index is 14.9. The van der Waals surface area contributed by atoms with E-state index in [0.29, 0.717) is 29.3 Å². The van der Waals surface area contributed by atoms with Gasteiger partial charge in [-0.15, -0.1) is 0 Å². The molecule has 2 unspecified atom stereocenters. The average molecular weight is 439 g/mol. The molecule has 1 aliphatic carbocycles. The zero-order chi connectivity index (χ0) is 22.2. The number of carbonyl (C=O) groups excluding carboxylic acids is 2. The molecule has 7 nitrogen and oxygen atoms in total. The molecule has 0 spiro atoms. The van der Waals surface area contributed by atoms with E-state index in [1.807, 2.05) is 18.2 Å². The van der Waals surface area contributed by atoms with Crippen LogP contribution in [0.1, 0.15) is 12.5 Å². The van der Waals surface area contributed by atoms with Crippen molar-refractivity contribution < 1.29 is 18.7 Å². The highest BCUT2D eigenvalue weighted by atomic mass is 19.1. The fourth-order valence-corrected chi connectivity index (χ4v) is 4.87. The number of nitrogens with one attached hydrogen (secondary N) is 2. The fourth-order valence-electron chi connectivity index (χ4n) is 4.87. The van der Waals surface area contributed by atoms with Crippen molar-refractivity contribution >= 4 is 23.4 Å². The van der Waals surface area contributed by atoms with E-state index in [9.17, 15) is 14.0 Å². The third kappa shape index (κ3) is 4.14. The van der Waals surface area contributed by atoms with Gasteiger partial charge in [-0.1, -0.05) is 30.3 Å². The van der Waals surface area contributed by atoms with Gasteiger partial charge < -0.3 is 20.3 Å². The lowest BCUT2D eigenvalue weighted by atomic mass is 10.2. The summed E-state index contributed by atoms with van der Waals surface area (Å²) in [6.45, 7) is 4.45. The van der Waals surface area contributed by atoms with Gasteiger partial charge in [-0.05, 0) is 35.6 Å². The Labute approximate surface area is 186 Å². The highest BCUT2D eigenvalue weighted by Gasteiger charge is 2.55. The van der Waals surface area contributed by atoms with Crippen molar-refractivity contribution in [1.29, 1.82) is 0 Å². The number of piperidine rings is 1. The van der Waals surface area contributed by atoms with E-state index < -0.39 is 12.2 Å². The zero-order valence-corrected chi connectivity index (χ0v) is 18.0. The maximum Gasteiger partial charge on any atom is 0.414 e. The summed E-state index contributed by atoms with van der Waals surface area (Å²) in [6, 6.07) is 15.7. The molecule has 2 saturated heterocycles. The number of hydrogen-bond donors (Lipinski definition) is 2. The highest BCUT2D eigenvalue weighted by Crippen LogP contribution is 2.47. The number of ether oxygens (including phenoxy) is 1. The van der Waals surface area contributed by atoms with Crippen LogP contribution in [-0.2, 0) is 16.1 Å². The number of cyclic esters (lactones) is 1. The largest absolute Gasteiger partial charge is 0.442 e. The second-order valence-electron chi connectivity index (χ2n) is 8.81. The Morgan fingerprint density at radius 2 is 1.88 bits per heavy atom. The monoisotopic (exact) mass is 438 g/mol. The molecule has 5 rings (SSSR count). The van der Waals surface area contributed by atoms with Gasteiger partial charge in [0, 0.05) is 32.6 Å². The number of halogens is 1. The predicted molar refractivity (Wildman–Crippen MR) is 119 cm³/mol. The summed E-state index contributed by atoms with van der Waals surface area (Å²) < 4.78 is 20.2. The van der Waals surface area contributed by atoms with E-state index in [0.717, 1.165) is 19.6 Å². The first-order valence-corrected chi connectivity index (χ1v) is 11.0. The van der Waals surface area contributed by atoms with Crippen LogP contribution in [0.3, 0.4) is 0 Å². The van der Waals surface area contributed by atoms with Crippen molar-refractivity contribution in [2.75, 3.05) is 36.0 Å². The molecule has 2 N–H and O–H groups in total. The molecule has 0 radical (unpaired) electrons. The molecule has 32 heavy (non-hydrogen) atoms. The molecule has 3 fully saturated rings. The number of carbonyl (C=O) groups is 2. The standard InChI is InChI=1S/C24H27FN4O3/c1-15(30)26-11-18-12-29(24(31)32-18)17-7-8-22(21(25)9-17)28-13-19-20(14-28)23(19)27-10-16-5-3-2-4-6-16/h2-9,18-20,23,27H,10-14H2,1H3,(H,26,30)/t18-,19?,20?,23?/m0/s1. The van der Waals surface area contributed by atoms with Crippen LogP contribution in [-0.4, -0.2) is 50.3 Å². The third-order valence-electron chi connectivity index (χ3n) is 6.62. The fraction of sp³-hybridized carbons (Fsp3) is 0.417. The number of amides is 2. The van der Waals surface area contributed by atoms with Crippen molar-refractivity contribution in [3.05, 3.63) is 59.9 Å². The lowest BCUT2D eigenvalue weighted by Crippen LogP contribution is -2.33. The van der Waals surface area contributed by atoms with Gasteiger partial charge in [-0.2, -0.15) is 0 Å². The molecule has 2 heterocycles. The van der Waals surface area contributed by atoms with Gasteiger partial charge in [0.2, 0.25) is 5.91 Å². The second kappa shape index (κ2) is 8.43. The first-order chi connectivity index (χ1) is 15.5. The molecule has 0 bridgehead atoms. The van der Waals surface area contributed by atoms with Crippen LogP contribution in [0, 0.1) is 17.7 Å². The first kappa shape index (κ1) is 20.8. The van der Waals surface area contributed by atoms with Gasteiger partial charge in [-0.25, -0.2) is 9.18 Å².